The molecular weight excluding hydrogens is 439 g/mol. The zero-order valence-corrected chi connectivity index (χ0v) is 17.1. The number of aromatic nitrogens is 4. The first kappa shape index (κ1) is 22.2. The van der Waals surface area contributed by atoms with E-state index in [1.165, 1.54) is 47.1 Å². The van der Waals surface area contributed by atoms with Crippen LogP contribution in [0.1, 0.15) is 22.5 Å². The lowest BCUT2D eigenvalue weighted by Crippen LogP contribution is -2.17. The molecule has 4 rings (SSSR count). The monoisotopic (exact) mass is 457 g/mol. The van der Waals surface area contributed by atoms with Crippen molar-refractivity contribution in [1.29, 1.82) is 0 Å². The minimum absolute atomic E-state index is 0.0302. The van der Waals surface area contributed by atoms with E-state index in [2.05, 4.69) is 20.4 Å². The lowest BCUT2D eigenvalue weighted by molar-refractivity contribution is -0.137. The predicted molar refractivity (Wildman–Crippen MR) is 113 cm³/mol. The average molecular weight is 457 g/mol. The van der Waals surface area contributed by atoms with Crippen molar-refractivity contribution in [2.75, 3.05) is 18.5 Å². The molecule has 0 aliphatic heterocycles. The van der Waals surface area contributed by atoms with E-state index in [0.29, 0.717) is 6.42 Å². The highest BCUT2D eigenvalue weighted by Crippen LogP contribution is 2.36. The lowest BCUT2D eigenvalue weighted by atomic mass is 10.0. The molecule has 1 aromatic carbocycles. The van der Waals surface area contributed by atoms with Crippen molar-refractivity contribution >= 4 is 17.4 Å². The summed E-state index contributed by atoms with van der Waals surface area (Å²) in [5, 5.41) is 15.7. The molecule has 0 saturated heterocycles. The lowest BCUT2D eigenvalue weighted by Gasteiger charge is -2.10. The van der Waals surface area contributed by atoms with Gasteiger partial charge >= 0.3 is 6.18 Å². The number of ether oxygens (including phenoxy) is 1. The molecule has 8 nitrogen and oxygen atoms in total. The van der Waals surface area contributed by atoms with Gasteiger partial charge in [0.2, 0.25) is 5.88 Å². The second-order valence-electron chi connectivity index (χ2n) is 6.91. The van der Waals surface area contributed by atoms with Crippen molar-refractivity contribution in [1.82, 2.24) is 19.6 Å². The minimum atomic E-state index is -4.55. The van der Waals surface area contributed by atoms with E-state index in [1.54, 1.807) is 12.1 Å². The normalized spacial score (nSPS) is 11.5. The van der Waals surface area contributed by atoms with Gasteiger partial charge in [0.15, 0.2) is 5.65 Å². The number of fused-ring (bicyclic) bond motifs is 1. The molecule has 1 amide bonds. The Bertz CT molecular complexity index is 1290. The molecule has 0 fully saturated rings. The second kappa shape index (κ2) is 9.25. The van der Waals surface area contributed by atoms with Crippen LogP contribution in [0.4, 0.5) is 19.0 Å². The zero-order chi connectivity index (χ0) is 23.4. The maximum atomic E-state index is 13.4. The van der Waals surface area contributed by atoms with Crippen LogP contribution in [-0.2, 0) is 6.18 Å². The number of alkyl halides is 3. The number of benzene rings is 1. The van der Waals surface area contributed by atoms with Crippen LogP contribution in [0.5, 0.6) is 5.88 Å². The van der Waals surface area contributed by atoms with Crippen LogP contribution in [0.25, 0.3) is 16.9 Å². The van der Waals surface area contributed by atoms with Crippen LogP contribution < -0.4 is 10.1 Å². The maximum absolute atomic E-state index is 13.4. The number of halogens is 3. The molecule has 0 saturated carbocycles. The van der Waals surface area contributed by atoms with Crippen molar-refractivity contribution < 1.29 is 27.8 Å². The van der Waals surface area contributed by atoms with Gasteiger partial charge in [0.1, 0.15) is 11.5 Å². The summed E-state index contributed by atoms with van der Waals surface area (Å²) >= 11 is 0. The maximum Gasteiger partial charge on any atom is 0.417 e. The fraction of sp³-hybridized carbons (Fsp3) is 0.182. The summed E-state index contributed by atoms with van der Waals surface area (Å²) in [6, 6.07) is 12.7. The van der Waals surface area contributed by atoms with E-state index in [9.17, 15) is 18.0 Å². The second-order valence-corrected chi connectivity index (χ2v) is 6.91. The van der Waals surface area contributed by atoms with E-state index in [4.69, 9.17) is 9.84 Å². The number of amides is 1. The summed E-state index contributed by atoms with van der Waals surface area (Å²) in [5.41, 5.74) is -0.525. The van der Waals surface area contributed by atoms with E-state index < -0.39 is 17.6 Å². The standard InChI is InChI=1S/C22H18F3N5O3/c23-22(24,25)15-6-2-1-5-14(15)17-13-19-26-10-9-18(30(19)29-17)28-21(32)16-7-3-8-20(27-16)33-12-4-11-31/h1-3,5-10,13,31H,4,11-12H2,(H,28,32). The number of pyridine rings is 1. The Kier molecular flexibility index (Phi) is 6.22. The van der Waals surface area contributed by atoms with Gasteiger partial charge < -0.3 is 15.2 Å². The number of nitrogens with one attached hydrogen (secondary N) is 1. The Hall–Kier alpha value is -3.99. The van der Waals surface area contributed by atoms with E-state index in [-0.39, 0.29) is 47.5 Å². The van der Waals surface area contributed by atoms with Gasteiger partial charge in [-0.15, -0.1) is 0 Å². The van der Waals surface area contributed by atoms with Gasteiger partial charge in [-0.2, -0.15) is 22.8 Å². The van der Waals surface area contributed by atoms with Gasteiger partial charge in [0.05, 0.1) is 17.9 Å². The fourth-order valence-corrected chi connectivity index (χ4v) is 3.12. The van der Waals surface area contributed by atoms with Crippen molar-refractivity contribution in [3.05, 3.63) is 72.1 Å². The molecule has 0 radical (unpaired) electrons. The average Bonchev–Trinajstić information content (AvgIpc) is 3.24. The summed E-state index contributed by atoms with van der Waals surface area (Å²) in [4.78, 5) is 21.0. The molecule has 4 aromatic rings. The largest absolute Gasteiger partial charge is 0.478 e. The van der Waals surface area contributed by atoms with Crippen LogP contribution in [-0.4, -0.2) is 43.8 Å². The molecule has 0 unspecified atom stereocenters. The summed E-state index contributed by atoms with van der Waals surface area (Å²) in [6.45, 7) is 0.215. The van der Waals surface area contributed by atoms with Gasteiger partial charge in [0.25, 0.3) is 5.91 Å². The molecule has 0 bridgehead atoms. The molecule has 170 valence electrons. The number of hydrogen-bond acceptors (Lipinski definition) is 6. The highest BCUT2D eigenvalue weighted by atomic mass is 19.4. The highest BCUT2D eigenvalue weighted by molar-refractivity contribution is 6.02. The minimum Gasteiger partial charge on any atom is -0.478 e. The van der Waals surface area contributed by atoms with Crippen LogP contribution in [0.3, 0.4) is 0 Å². The number of carbonyl (C=O) groups is 1. The first-order valence-corrected chi connectivity index (χ1v) is 9.90. The topological polar surface area (TPSA) is 102 Å². The van der Waals surface area contributed by atoms with Crippen LogP contribution in [0.2, 0.25) is 0 Å². The van der Waals surface area contributed by atoms with Crippen LogP contribution in [0, 0.1) is 0 Å². The van der Waals surface area contributed by atoms with E-state index >= 15 is 0 Å². The third-order valence-electron chi connectivity index (χ3n) is 4.62. The molecule has 3 aromatic heterocycles. The Labute approximate surface area is 185 Å². The van der Waals surface area contributed by atoms with Crippen molar-refractivity contribution in [3.8, 4) is 17.1 Å². The molecule has 11 heteroatoms. The molecule has 33 heavy (non-hydrogen) atoms. The zero-order valence-electron chi connectivity index (χ0n) is 17.1. The Balaban J connectivity index is 1.63. The van der Waals surface area contributed by atoms with Crippen molar-refractivity contribution in [2.45, 2.75) is 12.6 Å². The molecule has 2 N–H and O–H groups in total. The molecule has 0 aliphatic carbocycles. The van der Waals surface area contributed by atoms with E-state index in [0.717, 1.165) is 6.07 Å². The Morgan fingerprint density at radius 3 is 2.73 bits per heavy atom. The van der Waals surface area contributed by atoms with Gasteiger partial charge in [-0.1, -0.05) is 24.3 Å². The number of nitrogens with zero attached hydrogens (tertiary/aromatic N) is 4. The van der Waals surface area contributed by atoms with Crippen LogP contribution >= 0.6 is 0 Å². The number of rotatable bonds is 7. The first-order valence-electron chi connectivity index (χ1n) is 9.90. The number of aliphatic hydroxyl groups excluding tert-OH is 1. The van der Waals surface area contributed by atoms with Gasteiger partial charge in [-0.05, 0) is 18.2 Å². The Morgan fingerprint density at radius 1 is 1.12 bits per heavy atom. The van der Waals surface area contributed by atoms with Crippen LogP contribution in [0.15, 0.2) is 60.8 Å². The third-order valence-corrected chi connectivity index (χ3v) is 4.62. The number of aliphatic hydroxyl groups is 1. The summed E-state index contributed by atoms with van der Waals surface area (Å²) in [6.07, 6.45) is -2.72. The fourth-order valence-electron chi connectivity index (χ4n) is 3.12. The van der Waals surface area contributed by atoms with Crippen molar-refractivity contribution in [2.24, 2.45) is 0 Å². The predicted octanol–water partition coefficient (Wildman–Crippen LogP) is 3.82. The molecular formula is C22H18F3N5O3. The van der Waals surface area contributed by atoms with Gasteiger partial charge in [0, 0.05) is 36.9 Å². The highest BCUT2D eigenvalue weighted by Gasteiger charge is 2.34. The number of anilines is 1. The van der Waals surface area contributed by atoms with Gasteiger partial charge in [-0.25, -0.2) is 9.97 Å². The third kappa shape index (κ3) is 4.93. The summed E-state index contributed by atoms with van der Waals surface area (Å²) < 4.78 is 46.9. The number of hydrogen-bond donors (Lipinski definition) is 2. The first-order chi connectivity index (χ1) is 15.9. The van der Waals surface area contributed by atoms with Crippen molar-refractivity contribution in [3.63, 3.8) is 0 Å². The summed E-state index contributed by atoms with van der Waals surface area (Å²) in [7, 11) is 0. The summed E-state index contributed by atoms with van der Waals surface area (Å²) in [5.74, 6) is -0.141. The number of carbonyl (C=O) groups excluding carboxylic acids is 1. The molecule has 3 heterocycles. The van der Waals surface area contributed by atoms with E-state index in [1.807, 2.05) is 0 Å². The molecule has 0 spiro atoms. The molecule has 0 atom stereocenters. The molecule has 0 aliphatic rings. The Morgan fingerprint density at radius 2 is 1.94 bits per heavy atom. The SMILES string of the molecule is O=C(Nc1ccnc2cc(-c3ccccc3C(F)(F)F)nn12)c1cccc(OCCCO)n1. The smallest absolute Gasteiger partial charge is 0.417 e. The van der Waals surface area contributed by atoms with Gasteiger partial charge in [-0.3, -0.25) is 4.79 Å². The quantitative estimate of drug-likeness (QED) is 0.409.